The molecule has 57 heavy (non-hydrogen) atoms. The van der Waals surface area contributed by atoms with Gasteiger partial charge in [0, 0.05) is 49.8 Å². The van der Waals surface area contributed by atoms with E-state index in [4.69, 9.17) is 9.97 Å². The number of nitrogens with one attached hydrogen (secondary N) is 2. The van der Waals surface area contributed by atoms with E-state index in [0.29, 0.717) is 33.2 Å². The van der Waals surface area contributed by atoms with E-state index >= 15 is 0 Å². The van der Waals surface area contributed by atoms with Crippen LogP contribution in [-0.2, 0) is 57.3 Å². The molecule has 0 atom stereocenters. The molecular weight excluding hydrogens is 876 g/mol. The molecule has 5 heterocycles. The van der Waals surface area contributed by atoms with Gasteiger partial charge in [0.15, 0.2) is 23.3 Å². The number of fused-ring (bicyclic) bond motifs is 20. The molecule has 20 nitrogen and oxygen atoms in total. The van der Waals surface area contributed by atoms with Crippen LogP contribution < -0.4 is 0 Å². The van der Waals surface area contributed by atoms with E-state index < -0.39 is 82.1 Å². The summed E-state index contributed by atoms with van der Waals surface area (Å²) in [6.45, 7) is 0. The van der Waals surface area contributed by atoms with E-state index in [-0.39, 0.29) is 51.2 Å². The van der Waals surface area contributed by atoms with E-state index in [1.165, 1.54) is 12.1 Å². The third-order valence-electron chi connectivity index (χ3n) is 8.85. The van der Waals surface area contributed by atoms with Crippen LogP contribution in [0.15, 0.2) is 92.4 Å². The van der Waals surface area contributed by atoms with Gasteiger partial charge in [-0.05, 0) is 0 Å². The largest absolute Gasteiger partial charge is 0.324 e. The molecule has 0 aliphatic carbocycles. The van der Waals surface area contributed by atoms with Gasteiger partial charge < -0.3 is 9.97 Å². The number of rotatable bonds is 4. The number of H-pyrrole nitrogens is 2. The van der Waals surface area contributed by atoms with Crippen LogP contribution in [0.1, 0.15) is 0 Å². The standard InChI is InChI=1S/C32H18N8O12S4.Co/c41-53(42,43)21-19-20(22(54(44,45)46)24(56(50,51)52)23(21)55(47,48)49)32-39-30-18-12-6-4-10-16(18)28(37-30)35-26-14-8-2-1-7-13(14)25(33-26)34-27-15-9-3-5-11-17(15)29(36-27)38-31(19)40-32;/h1-12H,(H,41,42,43)(H,44,45,46)(H,47,48,49)(H,50,51,52)(H2,33,34,35,36,37,38,39,40);. The number of hydrogen-bond donors (Lipinski definition) is 6. The van der Waals surface area contributed by atoms with Gasteiger partial charge in [-0.3, -0.25) is 18.2 Å². The van der Waals surface area contributed by atoms with Crippen molar-refractivity contribution in [2.75, 3.05) is 0 Å². The van der Waals surface area contributed by atoms with E-state index in [1.54, 1.807) is 60.7 Å². The van der Waals surface area contributed by atoms with Gasteiger partial charge >= 0.3 is 0 Å². The molecule has 0 saturated heterocycles. The molecule has 2 aliphatic rings. The van der Waals surface area contributed by atoms with Crippen molar-refractivity contribution in [3.05, 3.63) is 72.8 Å². The molecule has 0 unspecified atom stereocenters. The summed E-state index contributed by atoms with van der Waals surface area (Å²) in [6.07, 6.45) is 0. The van der Waals surface area contributed by atoms with E-state index in [0.717, 1.165) is 0 Å². The summed E-state index contributed by atoms with van der Waals surface area (Å²) >= 11 is 0. The Kier molecular flexibility index (Phi) is 8.52. The SMILES string of the molecule is O=S(=O)(O)c1c(S(=O)(=O)O)c(S(=O)(=O)O)c2c3nc4nc(nc5[nH]c(nc6nc(nc([nH]3)c2c1S(=O)(=O)O)-c1ccccc1-6)c1ccccc51)-c1ccccc1-4.[Co]. The molecule has 0 spiro atoms. The second-order valence-corrected chi connectivity index (χ2v) is 17.6. The molecule has 9 rings (SSSR count). The minimum Gasteiger partial charge on any atom is -0.324 e. The summed E-state index contributed by atoms with van der Waals surface area (Å²) in [4.78, 5) is 24.5. The molecule has 8 bridgehead atoms. The van der Waals surface area contributed by atoms with Gasteiger partial charge in [-0.15, -0.1) is 0 Å². The maximum atomic E-state index is 13.2. The van der Waals surface area contributed by atoms with Crippen LogP contribution in [0.25, 0.3) is 89.7 Å². The topological polar surface area (TPSA) is 326 Å². The van der Waals surface area contributed by atoms with Crippen molar-refractivity contribution in [1.82, 2.24) is 39.9 Å². The molecule has 0 fully saturated rings. The number of benzene rings is 4. The van der Waals surface area contributed by atoms with Crippen LogP contribution in [0, 0.1) is 0 Å². The summed E-state index contributed by atoms with van der Waals surface area (Å²) in [7, 11) is -24.6. The summed E-state index contributed by atoms with van der Waals surface area (Å²) in [5.41, 5.74) is 0.187. The van der Waals surface area contributed by atoms with Gasteiger partial charge in [-0.25, -0.2) is 29.9 Å². The van der Waals surface area contributed by atoms with Crippen LogP contribution in [0.3, 0.4) is 0 Å². The first-order valence-electron chi connectivity index (χ1n) is 15.5. The Balaban J connectivity index is 0.00000455. The number of aromatic amines is 2. The fourth-order valence-electron chi connectivity index (χ4n) is 6.75. The smallest absolute Gasteiger partial charge is 0.297 e. The zero-order chi connectivity index (χ0) is 39.7. The van der Waals surface area contributed by atoms with E-state index in [9.17, 15) is 51.9 Å². The predicted octanol–water partition coefficient (Wildman–Crippen LogP) is 3.85. The average Bonchev–Trinajstić information content (AvgIpc) is 3.84. The summed E-state index contributed by atoms with van der Waals surface area (Å²) in [6, 6.07) is 19.9. The van der Waals surface area contributed by atoms with Crippen molar-refractivity contribution in [3.8, 4) is 45.6 Å². The van der Waals surface area contributed by atoms with Gasteiger partial charge in [0.25, 0.3) is 40.5 Å². The fourth-order valence-corrected chi connectivity index (χ4v) is 11.7. The Morgan fingerprint density at radius 1 is 0.368 bits per heavy atom. The quantitative estimate of drug-likeness (QED) is 0.137. The van der Waals surface area contributed by atoms with Crippen molar-refractivity contribution in [2.45, 2.75) is 19.6 Å². The summed E-state index contributed by atoms with van der Waals surface area (Å²) < 4.78 is 146. The Labute approximate surface area is 329 Å². The molecule has 7 aromatic rings. The van der Waals surface area contributed by atoms with Gasteiger partial charge in [0.1, 0.15) is 42.2 Å². The Bertz CT molecular complexity index is 3380. The minimum atomic E-state index is -6.24. The van der Waals surface area contributed by atoms with Crippen molar-refractivity contribution >= 4 is 84.6 Å². The first-order chi connectivity index (χ1) is 26.3. The van der Waals surface area contributed by atoms with E-state index in [2.05, 4.69) is 29.9 Å². The second kappa shape index (κ2) is 12.7. The molecule has 3 aromatic heterocycles. The zero-order valence-corrected chi connectivity index (χ0v) is 31.9. The maximum absolute atomic E-state index is 13.2. The van der Waals surface area contributed by atoms with E-state index in [1.807, 2.05) is 0 Å². The maximum Gasteiger partial charge on any atom is 0.297 e. The first-order valence-corrected chi connectivity index (χ1v) is 21.3. The molecule has 25 heteroatoms. The first kappa shape index (κ1) is 38.3. The Hall–Kier alpha value is -5.61. The summed E-state index contributed by atoms with van der Waals surface area (Å²) in [5.74, 6) is -0.428. The van der Waals surface area contributed by atoms with Gasteiger partial charge in [-0.1, -0.05) is 72.8 Å². The normalized spacial score (nSPS) is 13.0. The van der Waals surface area contributed by atoms with Crippen molar-refractivity contribution in [3.63, 3.8) is 0 Å². The van der Waals surface area contributed by atoms with Gasteiger partial charge in [0.2, 0.25) is 0 Å². The zero-order valence-electron chi connectivity index (χ0n) is 27.6. The fraction of sp³-hybridized carbons (Fsp3) is 0. The van der Waals surface area contributed by atoms with Crippen molar-refractivity contribution in [1.29, 1.82) is 0 Å². The molecule has 2 aliphatic heterocycles. The average molecular weight is 894 g/mol. The molecule has 291 valence electrons. The molecule has 0 amide bonds. The van der Waals surface area contributed by atoms with Crippen LogP contribution >= 0.6 is 0 Å². The Morgan fingerprint density at radius 2 is 0.632 bits per heavy atom. The van der Waals surface area contributed by atoms with Crippen LogP contribution in [0.2, 0.25) is 0 Å². The van der Waals surface area contributed by atoms with Gasteiger partial charge in [-0.2, -0.15) is 33.7 Å². The van der Waals surface area contributed by atoms with Crippen LogP contribution in [-0.4, -0.2) is 91.8 Å². The minimum absolute atomic E-state index is 0. The van der Waals surface area contributed by atoms with Crippen molar-refractivity contribution < 1.29 is 68.7 Å². The third kappa shape index (κ3) is 6.07. The van der Waals surface area contributed by atoms with Crippen molar-refractivity contribution in [2.24, 2.45) is 0 Å². The van der Waals surface area contributed by atoms with Gasteiger partial charge in [0.05, 0.1) is 10.8 Å². The molecule has 0 saturated carbocycles. The molecule has 6 N–H and O–H groups in total. The third-order valence-corrected chi connectivity index (χ3v) is 12.9. The number of hydrogen-bond acceptors (Lipinski definition) is 14. The number of aromatic nitrogens is 8. The molecule has 1 radical (unpaired) electrons. The van der Waals surface area contributed by atoms with Crippen LogP contribution in [0.5, 0.6) is 0 Å². The second-order valence-electron chi connectivity index (χ2n) is 12.2. The number of nitrogens with zero attached hydrogens (tertiary/aromatic N) is 6. The molecule has 4 aromatic carbocycles. The monoisotopic (exact) mass is 893 g/mol. The van der Waals surface area contributed by atoms with Crippen LogP contribution in [0.4, 0.5) is 0 Å². The predicted molar refractivity (Wildman–Crippen MR) is 195 cm³/mol. The molecular formula is C32H18CoN8O12S4. The Morgan fingerprint density at radius 3 is 0.930 bits per heavy atom. The summed E-state index contributed by atoms with van der Waals surface area (Å²) in [5, 5.41) is -1.17.